The summed E-state index contributed by atoms with van der Waals surface area (Å²) in [6.07, 6.45) is 1.69. The summed E-state index contributed by atoms with van der Waals surface area (Å²) < 4.78 is 0. The normalized spacial score (nSPS) is 10.9. The Labute approximate surface area is 110 Å². The summed E-state index contributed by atoms with van der Waals surface area (Å²) in [5.74, 6) is 0.561. The van der Waals surface area contributed by atoms with Crippen molar-refractivity contribution in [3.05, 3.63) is 66.2 Å². The summed E-state index contributed by atoms with van der Waals surface area (Å²) in [4.78, 5) is 1.22. The van der Waals surface area contributed by atoms with E-state index in [9.17, 15) is 0 Å². The van der Waals surface area contributed by atoms with Crippen LogP contribution >= 0.6 is 0 Å². The predicted octanol–water partition coefficient (Wildman–Crippen LogP) is 2.22. The molecule has 0 aliphatic carbocycles. The molecule has 0 bridgehead atoms. The molecular formula is C14H11N5. The molecule has 1 aromatic heterocycles. The van der Waals surface area contributed by atoms with Gasteiger partial charge in [0.15, 0.2) is 0 Å². The number of rotatable bonds is 3. The lowest BCUT2D eigenvalue weighted by Gasteiger charge is -1.91. The van der Waals surface area contributed by atoms with Gasteiger partial charge < -0.3 is 0 Å². The maximum atomic E-state index is 4.19. The van der Waals surface area contributed by atoms with Gasteiger partial charge in [0.05, 0.1) is 6.21 Å². The standard InChI is InChI=1S/C14H11N5/c1-3-7-12(8-4-1)11-15-19-17-14(16-18-19)13-9-5-2-6-10-13/h1-11H. The van der Waals surface area contributed by atoms with E-state index in [0.29, 0.717) is 5.82 Å². The van der Waals surface area contributed by atoms with Crippen LogP contribution in [0.1, 0.15) is 5.56 Å². The minimum absolute atomic E-state index is 0.561. The van der Waals surface area contributed by atoms with Gasteiger partial charge in [0.2, 0.25) is 5.82 Å². The van der Waals surface area contributed by atoms with Gasteiger partial charge in [-0.15, -0.1) is 15.3 Å². The van der Waals surface area contributed by atoms with Crippen molar-refractivity contribution in [2.24, 2.45) is 5.10 Å². The van der Waals surface area contributed by atoms with E-state index in [4.69, 9.17) is 0 Å². The molecular weight excluding hydrogens is 238 g/mol. The molecule has 2 aromatic carbocycles. The highest BCUT2D eigenvalue weighted by Gasteiger charge is 2.03. The molecule has 0 aliphatic rings. The molecule has 0 aliphatic heterocycles. The number of hydrogen-bond donors (Lipinski definition) is 0. The van der Waals surface area contributed by atoms with E-state index in [0.717, 1.165) is 11.1 Å². The smallest absolute Gasteiger partial charge is 0.138 e. The van der Waals surface area contributed by atoms with Gasteiger partial charge in [0.25, 0.3) is 0 Å². The Balaban J connectivity index is 1.81. The Kier molecular flexibility index (Phi) is 3.10. The van der Waals surface area contributed by atoms with E-state index < -0.39 is 0 Å². The van der Waals surface area contributed by atoms with Crippen molar-refractivity contribution in [3.63, 3.8) is 0 Å². The summed E-state index contributed by atoms with van der Waals surface area (Å²) in [5, 5.41) is 16.2. The molecule has 0 radical (unpaired) electrons. The van der Waals surface area contributed by atoms with Crippen molar-refractivity contribution >= 4 is 6.21 Å². The Morgan fingerprint density at radius 2 is 1.58 bits per heavy atom. The van der Waals surface area contributed by atoms with Gasteiger partial charge in [-0.25, -0.2) is 0 Å². The average Bonchev–Trinajstić information content (AvgIpc) is 2.96. The first-order chi connectivity index (χ1) is 9.42. The number of hydrogen-bond acceptors (Lipinski definition) is 4. The fraction of sp³-hybridized carbons (Fsp3) is 0. The van der Waals surface area contributed by atoms with Crippen molar-refractivity contribution < 1.29 is 0 Å². The number of tetrazole rings is 1. The molecule has 0 atom stereocenters. The van der Waals surface area contributed by atoms with E-state index in [2.05, 4.69) is 20.5 Å². The maximum absolute atomic E-state index is 4.19. The van der Waals surface area contributed by atoms with Crippen LogP contribution < -0.4 is 0 Å². The number of aromatic nitrogens is 4. The van der Waals surface area contributed by atoms with Gasteiger partial charge in [-0.2, -0.15) is 0 Å². The van der Waals surface area contributed by atoms with E-state index in [1.807, 2.05) is 60.7 Å². The lowest BCUT2D eigenvalue weighted by atomic mass is 10.2. The molecule has 0 spiro atoms. The van der Waals surface area contributed by atoms with Gasteiger partial charge in [-0.1, -0.05) is 60.7 Å². The molecule has 5 heteroatoms. The summed E-state index contributed by atoms with van der Waals surface area (Å²) in [7, 11) is 0. The molecule has 0 N–H and O–H groups in total. The molecule has 92 valence electrons. The van der Waals surface area contributed by atoms with Crippen LogP contribution in [0.25, 0.3) is 11.4 Å². The van der Waals surface area contributed by atoms with Gasteiger partial charge in [0, 0.05) is 5.56 Å². The zero-order valence-electron chi connectivity index (χ0n) is 10.1. The molecule has 19 heavy (non-hydrogen) atoms. The summed E-state index contributed by atoms with van der Waals surface area (Å²) in [5.41, 5.74) is 1.91. The highest BCUT2D eigenvalue weighted by molar-refractivity contribution is 5.79. The number of benzene rings is 2. The first kappa shape index (κ1) is 11.3. The second-order valence-corrected chi connectivity index (χ2v) is 3.90. The Bertz CT molecular complexity index is 673. The van der Waals surface area contributed by atoms with Crippen LogP contribution in [0.3, 0.4) is 0 Å². The minimum atomic E-state index is 0.561. The highest BCUT2D eigenvalue weighted by Crippen LogP contribution is 2.11. The van der Waals surface area contributed by atoms with E-state index in [1.54, 1.807) is 6.21 Å². The lowest BCUT2D eigenvalue weighted by molar-refractivity contribution is 0.614. The Hall–Kier alpha value is -2.82. The van der Waals surface area contributed by atoms with Crippen molar-refractivity contribution in [2.45, 2.75) is 0 Å². The third-order valence-corrected chi connectivity index (χ3v) is 2.55. The largest absolute Gasteiger partial charge is 0.207 e. The quantitative estimate of drug-likeness (QED) is 0.669. The molecule has 0 unspecified atom stereocenters. The van der Waals surface area contributed by atoms with Crippen LogP contribution in [-0.2, 0) is 0 Å². The molecule has 0 amide bonds. The first-order valence-corrected chi connectivity index (χ1v) is 5.87. The summed E-state index contributed by atoms with van der Waals surface area (Å²) in [6.45, 7) is 0. The minimum Gasteiger partial charge on any atom is -0.138 e. The zero-order chi connectivity index (χ0) is 12.9. The fourth-order valence-corrected chi connectivity index (χ4v) is 1.62. The van der Waals surface area contributed by atoms with Crippen LogP contribution in [0.15, 0.2) is 65.8 Å². The van der Waals surface area contributed by atoms with Crippen LogP contribution in [0.2, 0.25) is 0 Å². The van der Waals surface area contributed by atoms with Gasteiger partial charge >= 0.3 is 0 Å². The molecule has 5 nitrogen and oxygen atoms in total. The van der Waals surface area contributed by atoms with E-state index in [1.165, 1.54) is 4.91 Å². The average molecular weight is 249 g/mol. The highest BCUT2D eigenvalue weighted by atomic mass is 15.7. The topological polar surface area (TPSA) is 56.0 Å². The van der Waals surface area contributed by atoms with Crippen molar-refractivity contribution in [2.75, 3.05) is 0 Å². The van der Waals surface area contributed by atoms with E-state index >= 15 is 0 Å². The molecule has 1 heterocycles. The second kappa shape index (κ2) is 5.22. The van der Waals surface area contributed by atoms with E-state index in [-0.39, 0.29) is 0 Å². The van der Waals surface area contributed by atoms with Crippen LogP contribution in [0.4, 0.5) is 0 Å². The van der Waals surface area contributed by atoms with Gasteiger partial charge in [0.1, 0.15) is 0 Å². The number of nitrogens with zero attached hydrogens (tertiary/aromatic N) is 5. The maximum Gasteiger partial charge on any atom is 0.207 e. The molecule has 0 saturated heterocycles. The Morgan fingerprint density at radius 3 is 2.32 bits per heavy atom. The molecule has 3 aromatic rings. The summed E-state index contributed by atoms with van der Waals surface area (Å²) in [6, 6.07) is 19.4. The zero-order valence-corrected chi connectivity index (χ0v) is 10.1. The van der Waals surface area contributed by atoms with Crippen LogP contribution in [0.5, 0.6) is 0 Å². The fourth-order valence-electron chi connectivity index (χ4n) is 1.62. The molecule has 3 rings (SSSR count). The first-order valence-electron chi connectivity index (χ1n) is 5.87. The van der Waals surface area contributed by atoms with Crippen LogP contribution in [0, 0.1) is 0 Å². The summed E-state index contributed by atoms with van der Waals surface area (Å²) >= 11 is 0. The van der Waals surface area contributed by atoms with Gasteiger partial charge in [-0.05, 0) is 15.7 Å². The molecule has 0 fully saturated rings. The SMILES string of the molecule is C(=Nn1nnc(-c2ccccc2)n1)c1ccccc1. The molecule has 0 saturated carbocycles. The predicted molar refractivity (Wildman–Crippen MR) is 72.7 cm³/mol. The Morgan fingerprint density at radius 1 is 0.895 bits per heavy atom. The monoisotopic (exact) mass is 249 g/mol. The second-order valence-electron chi connectivity index (χ2n) is 3.90. The van der Waals surface area contributed by atoms with Crippen LogP contribution in [-0.4, -0.2) is 26.5 Å². The van der Waals surface area contributed by atoms with Gasteiger partial charge in [-0.3, -0.25) is 0 Å². The van der Waals surface area contributed by atoms with Crippen molar-refractivity contribution in [1.82, 2.24) is 20.3 Å². The van der Waals surface area contributed by atoms with Crippen molar-refractivity contribution in [1.29, 1.82) is 0 Å². The van der Waals surface area contributed by atoms with Crippen molar-refractivity contribution in [3.8, 4) is 11.4 Å². The lowest BCUT2D eigenvalue weighted by Crippen LogP contribution is -1.95. The third kappa shape index (κ3) is 2.71. The third-order valence-electron chi connectivity index (χ3n) is 2.55.